The second kappa shape index (κ2) is 12.3. The van der Waals surface area contributed by atoms with E-state index in [1.165, 1.54) is 12.6 Å². The van der Waals surface area contributed by atoms with Crippen molar-refractivity contribution in [3.63, 3.8) is 0 Å². The monoisotopic (exact) mass is 559 g/mol. The molecule has 0 unspecified atom stereocenters. The van der Waals surface area contributed by atoms with Gasteiger partial charge < -0.3 is 26.0 Å². The number of anilines is 1. The van der Waals surface area contributed by atoms with E-state index in [4.69, 9.17) is 10.5 Å². The van der Waals surface area contributed by atoms with Gasteiger partial charge in [0.2, 0.25) is 11.9 Å². The highest BCUT2D eigenvalue weighted by Crippen LogP contribution is 2.30. The Morgan fingerprint density at radius 3 is 2.42 bits per heavy atom. The largest absolute Gasteiger partial charge is 0.403 e. The Balaban J connectivity index is 1.27. The number of aliphatic imine (C=N–C) groups is 2. The fourth-order valence-corrected chi connectivity index (χ4v) is 5.85. The molecule has 3 heterocycles. The Morgan fingerprint density at radius 2 is 1.80 bits per heavy atom. The Morgan fingerprint density at radius 1 is 1.10 bits per heavy atom. The lowest BCUT2D eigenvalue weighted by Gasteiger charge is -2.34. The Kier molecular flexibility index (Phi) is 8.63. The molecule has 2 saturated heterocycles. The fourth-order valence-electron chi connectivity index (χ4n) is 5.85. The lowest BCUT2D eigenvalue weighted by molar-refractivity contribution is -0.137. The third kappa shape index (κ3) is 6.11. The first-order chi connectivity index (χ1) is 19.3. The number of hydrogen-bond donors (Lipinski definition) is 3. The van der Waals surface area contributed by atoms with E-state index >= 15 is 0 Å². The number of ether oxygens (including phenoxy) is 1. The van der Waals surface area contributed by atoms with Crippen LogP contribution in [0.25, 0.3) is 0 Å². The minimum Gasteiger partial charge on any atom is -0.403 e. The van der Waals surface area contributed by atoms with Gasteiger partial charge in [-0.1, -0.05) is 6.58 Å². The van der Waals surface area contributed by atoms with E-state index in [1.807, 2.05) is 4.90 Å². The molecule has 0 bridgehead atoms. The lowest BCUT2D eigenvalue weighted by Crippen LogP contribution is -2.45. The topological polar surface area (TPSA) is 108 Å². The van der Waals surface area contributed by atoms with Crippen LogP contribution in [0.1, 0.15) is 51.4 Å². The molecule has 0 spiro atoms. The van der Waals surface area contributed by atoms with Gasteiger partial charge in [0.15, 0.2) is 17.5 Å². The van der Waals surface area contributed by atoms with Gasteiger partial charge in [-0.15, -0.1) is 0 Å². The molecule has 4 aliphatic rings. The van der Waals surface area contributed by atoms with Crippen LogP contribution in [0.2, 0.25) is 0 Å². The highest BCUT2D eigenvalue weighted by molar-refractivity contribution is 6.18. The van der Waals surface area contributed by atoms with Crippen molar-refractivity contribution in [2.45, 2.75) is 63.5 Å². The number of piperidine rings is 1. The zero-order valence-electron chi connectivity index (χ0n) is 22.5. The number of benzene rings is 1. The summed E-state index contributed by atoms with van der Waals surface area (Å²) in [6.45, 7) is 6.66. The summed E-state index contributed by atoms with van der Waals surface area (Å²) >= 11 is 0. The molecule has 1 amide bonds. The maximum atomic E-state index is 14.4. The number of hydrogen-bond acceptors (Lipinski definition) is 7. The molecule has 4 N–H and O–H groups in total. The molecule has 1 saturated carbocycles. The number of guanidine groups is 1. The van der Waals surface area contributed by atoms with Crippen molar-refractivity contribution in [3.8, 4) is 0 Å². The van der Waals surface area contributed by atoms with E-state index in [2.05, 4.69) is 27.2 Å². The number of nitrogens with zero attached hydrogens (tertiary/aromatic N) is 4. The van der Waals surface area contributed by atoms with Crippen molar-refractivity contribution in [2.75, 3.05) is 31.6 Å². The first-order valence-corrected chi connectivity index (χ1v) is 14.0. The van der Waals surface area contributed by atoms with Crippen LogP contribution in [0.5, 0.6) is 0 Å². The highest BCUT2D eigenvalue weighted by Gasteiger charge is 2.37. The van der Waals surface area contributed by atoms with Gasteiger partial charge in [0.25, 0.3) is 0 Å². The van der Waals surface area contributed by atoms with Crippen LogP contribution >= 0.6 is 0 Å². The molecule has 1 aromatic rings. The minimum absolute atomic E-state index is 0.0597. The number of amides is 1. The molecule has 5 rings (SSSR count). The van der Waals surface area contributed by atoms with Gasteiger partial charge in [-0.25, -0.2) is 23.2 Å². The van der Waals surface area contributed by atoms with Crippen LogP contribution in [0.4, 0.5) is 18.9 Å². The van der Waals surface area contributed by atoms with Crippen molar-refractivity contribution in [1.29, 1.82) is 0 Å². The van der Waals surface area contributed by atoms with Gasteiger partial charge in [0.05, 0.1) is 12.6 Å². The summed E-state index contributed by atoms with van der Waals surface area (Å²) in [5.74, 6) is -2.02. The van der Waals surface area contributed by atoms with Gasteiger partial charge >= 0.3 is 0 Å². The quantitative estimate of drug-likeness (QED) is 0.490. The van der Waals surface area contributed by atoms with E-state index < -0.39 is 23.1 Å². The van der Waals surface area contributed by atoms with Crippen LogP contribution in [0.3, 0.4) is 0 Å². The van der Waals surface area contributed by atoms with E-state index in [9.17, 15) is 18.0 Å². The minimum atomic E-state index is -1.09. The lowest BCUT2D eigenvalue weighted by atomic mass is 9.85. The Hall–Kier alpha value is -3.54. The molecule has 1 atom stereocenters. The van der Waals surface area contributed by atoms with Crippen LogP contribution in [-0.4, -0.2) is 65.9 Å². The number of nitrogens with two attached hydrogens (primary N) is 1. The van der Waals surface area contributed by atoms with Crippen LogP contribution in [0, 0.1) is 23.4 Å². The second-order valence-corrected chi connectivity index (χ2v) is 10.7. The summed E-state index contributed by atoms with van der Waals surface area (Å²) < 4.78 is 47.9. The molecule has 0 aromatic heterocycles. The van der Waals surface area contributed by atoms with Gasteiger partial charge in [0, 0.05) is 50.0 Å². The van der Waals surface area contributed by atoms with Crippen LogP contribution < -0.4 is 16.4 Å². The second-order valence-electron chi connectivity index (χ2n) is 10.7. The summed E-state index contributed by atoms with van der Waals surface area (Å²) in [5, 5.41) is 6.03. The zero-order valence-corrected chi connectivity index (χ0v) is 22.5. The van der Waals surface area contributed by atoms with E-state index in [1.54, 1.807) is 4.90 Å². The molecule has 9 nitrogen and oxygen atoms in total. The third-order valence-electron chi connectivity index (χ3n) is 7.94. The van der Waals surface area contributed by atoms with Crippen LogP contribution in [-0.2, 0) is 9.53 Å². The Bertz CT molecular complexity index is 1190. The zero-order chi connectivity index (χ0) is 28.2. The summed E-state index contributed by atoms with van der Waals surface area (Å²) in [6, 6.07) is 1.08. The molecular weight excluding hydrogens is 523 g/mol. The first-order valence-electron chi connectivity index (χ1n) is 14.0. The summed E-state index contributed by atoms with van der Waals surface area (Å²) in [6.07, 6.45) is 8.51. The third-order valence-corrected chi connectivity index (χ3v) is 7.94. The van der Waals surface area contributed by atoms with E-state index in [0.29, 0.717) is 43.4 Å². The molecule has 1 aliphatic carbocycles. The predicted octanol–water partition coefficient (Wildman–Crippen LogP) is 3.81. The number of carbonyl (C=O) groups excluding carboxylic acids is 1. The number of amidine groups is 1. The normalized spacial score (nSPS) is 27.3. The van der Waals surface area contributed by atoms with E-state index in [0.717, 1.165) is 51.6 Å². The van der Waals surface area contributed by atoms with Crippen molar-refractivity contribution in [3.05, 3.63) is 53.9 Å². The summed E-state index contributed by atoms with van der Waals surface area (Å²) in [4.78, 5) is 25.7. The maximum Gasteiger partial charge on any atom is 0.225 e. The van der Waals surface area contributed by atoms with Gasteiger partial charge in [0.1, 0.15) is 23.0 Å². The van der Waals surface area contributed by atoms with Crippen molar-refractivity contribution >= 4 is 23.4 Å². The average molecular weight is 560 g/mol. The number of halogens is 3. The number of carbonyl (C=O) groups is 1. The molecule has 0 radical (unpaired) electrons. The molecular formula is C28H36F3N7O2. The van der Waals surface area contributed by atoms with Crippen molar-refractivity contribution in [2.24, 2.45) is 21.6 Å². The summed E-state index contributed by atoms with van der Waals surface area (Å²) in [5.41, 5.74) is 5.62. The standard InChI is InChI=1S/C28H36F3N7O2/c1-17(33-20-7-5-18(6-8-20)27(39)37-10-3-2-4-11-37)34-26-24(15-32)35-28(38(26)21-9-12-40-16-21)36-25-22(30)13-19(29)14-23(25)31/h13-15,18,20-21,33H,1-12,16,32H2,(H,35,36)/b24-15+,34-26+/t18-,20-,21-/m0/s1. The average Bonchev–Trinajstić information content (AvgIpc) is 3.59. The number of rotatable bonds is 6. The van der Waals surface area contributed by atoms with Crippen molar-refractivity contribution in [1.82, 2.24) is 15.1 Å². The predicted molar refractivity (Wildman–Crippen MR) is 147 cm³/mol. The van der Waals surface area contributed by atoms with Gasteiger partial charge in [-0.05, 0) is 51.4 Å². The molecule has 40 heavy (non-hydrogen) atoms. The highest BCUT2D eigenvalue weighted by atomic mass is 19.1. The SMILES string of the molecule is C=C(/N=C1\C(=C/N)N=C(Nc2c(F)cc(F)cc2F)N1[C@H]1CCOC1)N[C@H]1CC[C@H](C(=O)N2CCCCC2)CC1. The number of likely N-dealkylation sites (tertiary alicyclic amines) is 1. The Labute approximate surface area is 232 Å². The fraction of sp³-hybridized carbons (Fsp3) is 0.536. The van der Waals surface area contributed by atoms with Crippen LogP contribution in [0.15, 0.2) is 46.4 Å². The first kappa shape index (κ1) is 28.0. The molecule has 3 fully saturated rings. The maximum absolute atomic E-state index is 14.4. The smallest absolute Gasteiger partial charge is 0.225 e. The number of nitrogens with one attached hydrogen (secondary N) is 2. The van der Waals surface area contributed by atoms with Gasteiger partial charge in [-0.3, -0.25) is 9.69 Å². The molecule has 1 aromatic carbocycles. The van der Waals surface area contributed by atoms with E-state index in [-0.39, 0.29) is 35.6 Å². The molecule has 12 heteroatoms. The van der Waals surface area contributed by atoms with Crippen molar-refractivity contribution < 1.29 is 22.7 Å². The molecule has 216 valence electrons. The molecule has 3 aliphatic heterocycles. The van der Waals surface area contributed by atoms with Gasteiger partial charge in [-0.2, -0.15) is 0 Å². The summed E-state index contributed by atoms with van der Waals surface area (Å²) in [7, 11) is 0.